The highest BCUT2D eigenvalue weighted by molar-refractivity contribution is 6.12. The summed E-state index contributed by atoms with van der Waals surface area (Å²) in [5.74, 6) is 0.998. The quantitative estimate of drug-likeness (QED) is 0.307. The Kier molecular flexibility index (Phi) is 3.97. The van der Waals surface area contributed by atoms with E-state index < -0.39 is 0 Å². The maximum atomic E-state index is 6.08. The summed E-state index contributed by atoms with van der Waals surface area (Å²) in [5, 5.41) is 7.14. The van der Waals surface area contributed by atoms with Crippen molar-refractivity contribution in [1.29, 1.82) is 0 Å². The lowest BCUT2D eigenvalue weighted by Crippen LogP contribution is -1.94. The third-order valence-electron chi connectivity index (χ3n) is 6.56. The molecular weight excluding hydrogens is 406 g/mol. The molecule has 1 N–H and O–H groups in total. The van der Waals surface area contributed by atoms with Gasteiger partial charge < -0.3 is 14.2 Å². The fourth-order valence-electron chi connectivity index (χ4n) is 5.01. The molecule has 0 atom stereocenters. The summed E-state index contributed by atoms with van der Waals surface area (Å²) in [6.07, 6.45) is 6.37. The Morgan fingerprint density at radius 3 is 2.48 bits per heavy atom. The van der Waals surface area contributed by atoms with Crippen LogP contribution in [0.1, 0.15) is 17.7 Å². The number of rotatable bonds is 3. The van der Waals surface area contributed by atoms with Gasteiger partial charge in [-0.2, -0.15) is 0 Å². The molecule has 0 amide bonds. The van der Waals surface area contributed by atoms with E-state index >= 15 is 0 Å². The van der Waals surface area contributed by atoms with Gasteiger partial charge in [0.25, 0.3) is 0 Å². The number of para-hydroxylation sites is 2. The van der Waals surface area contributed by atoms with Crippen molar-refractivity contribution >= 4 is 50.4 Å². The Hall–Kier alpha value is -4.24. The van der Waals surface area contributed by atoms with E-state index in [1.54, 1.807) is 0 Å². The number of fused-ring (bicyclic) bond motifs is 6. The molecule has 0 aliphatic heterocycles. The summed E-state index contributed by atoms with van der Waals surface area (Å²) in [6, 6.07) is 29.3. The first kappa shape index (κ1) is 18.3. The molecule has 158 valence electrons. The molecule has 4 aromatic carbocycles. The summed E-state index contributed by atoms with van der Waals surface area (Å²) < 4.78 is 12.2. The Balaban J connectivity index is 1.37. The minimum atomic E-state index is 0.887. The van der Waals surface area contributed by atoms with E-state index in [2.05, 4.69) is 78.1 Å². The third kappa shape index (κ3) is 2.90. The summed E-state index contributed by atoms with van der Waals surface area (Å²) >= 11 is 0. The van der Waals surface area contributed by atoms with Gasteiger partial charge in [0.15, 0.2) is 0 Å². The van der Waals surface area contributed by atoms with E-state index in [-0.39, 0.29) is 0 Å². The maximum absolute atomic E-state index is 6.08. The molecule has 0 saturated carbocycles. The molecule has 7 rings (SSSR count). The zero-order chi connectivity index (χ0) is 21.8. The van der Waals surface area contributed by atoms with Crippen LogP contribution < -0.4 is 5.32 Å². The van der Waals surface area contributed by atoms with E-state index in [4.69, 9.17) is 8.83 Å². The van der Waals surface area contributed by atoms with Crippen molar-refractivity contribution in [3.63, 3.8) is 0 Å². The molecule has 1 aliphatic carbocycles. The van der Waals surface area contributed by atoms with Crippen molar-refractivity contribution < 1.29 is 8.83 Å². The van der Waals surface area contributed by atoms with Crippen LogP contribution in [-0.2, 0) is 6.42 Å². The van der Waals surface area contributed by atoms with Crippen molar-refractivity contribution in [3.05, 3.63) is 102 Å². The average Bonchev–Trinajstić information content (AvgIpc) is 3.43. The number of allylic oxidation sites excluding steroid dienone is 1. The Morgan fingerprint density at radius 1 is 0.667 bits per heavy atom. The first-order chi connectivity index (χ1) is 16.3. The van der Waals surface area contributed by atoms with Crippen LogP contribution in [0.15, 0.2) is 99.8 Å². The van der Waals surface area contributed by atoms with Gasteiger partial charge in [-0.1, -0.05) is 54.6 Å². The highest BCUT2D eigenvalue weighted by Gasteiger charge is 2.17. The number of hydrogen-bond acceptors (Lipinski definition) is 3. The molecule has 0 saturated heterocycles. The molecule has 3 heteroatoms. The van der Waals surface area contributed by atoms with Gasteiger partial charge in [-0.15, -0.1) is 0 Å². The highest BCUT2D eigenvalue weighted by Crippen LogP contribution is 2.39. The van der Waals surface area contributed by atoms with E-state index in [0.717, 1.165) is 63.1 Å². The van der Waals surface area contributed by atoms with Crippen LogP contribution in [0.3, 0.4) is 0 Å². The molecule has 0 fully saturated rings. The van der Waals surface area contributed by atoms with Gasteiger partial charge in [0.2, 0.25) is 0 Å². The Morgan fingerprint density at radius 2 is 1.48 bits per heavy atom. The maximum Gasteiger partial charge on any atom is 0.137 e. The molecule has 0 spiro atoms. The van der Waals surface area contributed by atoms with Gasteiger partial charge in [0, 0.05) is 27.6 Å². The zero-order valence-electron chi connectivity index (χ0n) is 18.0. The van der Waals surface area contributed by atoms with Crippen LogP contribution in [0.4, 0.5) is 11.4 Å². The normalized spacial score (nSPS) is 13.1. The van der Waals surface area contributed by atoms with Crippen LogP contribution in [0.5, 0.6) is 0 Å². The largest absolute Gasteiger partial charge is 0.456 e. The second kappa shape index (κ2) is 7.14. The summed E-state index contributed by atoms with van der Waals surface area (Å²) in [4.78, 5) is 0. The van der Waals surface area contributed by atoms with Crippen LogP contribution in [0, 0.1) is 0 Å². The van der Waals surface area contributed by atoms with Crippen LogP contribution >= 0.6 is 0 Å². The van der Waals surface area contributed by atoms with Crippen molar-refractivity contribution in [2.75, 3.05) is 5.32 Å². The van der Waals surface area contributed by atoms with Gasteiger partial charge in [-0.3, -0.25) is 0 Å². The molecule has 0 radical (unpaired) electrons. The predicted molar refractivity (Wildman–Crippen MR) is 136 cm³/mol. The van der Waals surface area contributed by atoms with E-state index in [9.17, 15) is 0 Å². The van der Waals surface area contributed by atoms with E-state index in [1.165, 1.54) is 16.5 Å². The van der Waals surface area contributed by atoms with Crippen LogP contribution in [0.25, 0.3) is 50.1 Å². The first-order valence-corrected chi connectivity index (χ1v) is 11.3. The van der Waals surface area contributed by atoms with Crippen molar-refractivity contribution in [3.8, 4) is 11.1 Å². The number of hydrogen-bond donors (Lipinski definition) is 1. The molecule has 2 heterocycles. The summed E-state index contributed by atoms with van der Waals surface area (Å²) in [7, 11) is 0. The molecule has 6 aromatic rings. The van der Waals surface area contributed by atoms with Crippen LogP contribution in [0.2, 0.25) is 0 Å². The smallest absolute Gasteiger partial charge is 0.137 e. The number of anilines is 2. The number of aryl methyl sites for hydroxylation is 1. The molecule has 0 unspecified atom stereocenters. The van der Waals surface area contributed by atoms with Gasteiger partial charge >= 0.3 is 0 Å². The van der Waals surface area contributed by atoms with Gasteiger partial charge in [-0.05, 0) is 60.9 Å². The molecular formula is C30H21NO2. The number of furan rings is 2. The second-order valence-electron chi connectivity index (χ2n) is 8.54. The monoisotopic (exact) mass is 427 g/mol. The summed E-state index contributed by atoms with van der Waals surface area (Å²) in [6.45, 7) is 0. The van der Waals surface area contributed by atoms with Crippen molar-refractivity contribution in [2.24, 2.45) is 0 Å². The summed E-state index contributed by atoms with van der Waals surface area (Å²) in [5.41, 5.74) is 8.49. The average molecular weight is 428 g/mol. The number of benzene rings is 4. The zero-order valence-corrected chi connectivity index (χ0v) is 18.0. The van der Waals surface area contributed by atoms with E-state index in [0.29, 0.717) is 0 Å². The molecule has 3 nitrogen and oxygen atoms in total. The van der Waals surface area contributed by atoms with Crippen molar-refractivity contribution in [2.45, 2.75) is 12.8 Å². The van der Waals surface area contributed by atoms with Gasteiger partial charge in [0.1, 0.15) is 22.5 Å². The lowest BCUT2D eigenvalue weighted by atomic mass is 9.97. The third-order valence-corrected chi connectivity index (χ3v) is 6.56. The number of nitrogens with one attached hydrogen (secondary N) is 1. The standard InChI is InChI=1S/C30H21NO2/c1-4-11-24(31-25-12-7-15-29-30(25)22-10-3-6-14-27(22)33-29)20(8-1)19-16-17-28-23(18-19)21-9-2-5-13-26(21)32-28/h1,3-8,10-18,31H,2,9H2. The second-order valence-corrected chi connectivity index (χ2v) is 8.54. The predicted octanol–water partition coefficient (Wildman–Crippen LogP) is 8.70. The Bertz CT molecular complexity index is 1700. The SMILES string of the molecule is C1=Cc2oc3ccc(-c4ccccc4Nc4cccc5oc6ccccc6c45)cc3c2CC1. The molecule has 2 aromatic heterocycles. The minimum absolute atomic E-state index is 0.887. The fourth-order valence-corrected chi connectivity index (χ4v) is 5.01. The van der Waals surface area contributed by atoms with Gasteiger partial charge in [-0.25, -0.2) is 0 Å². The Labute approximate surface area is 190 Å². The topological polar surface area (TPSA) is 38.3 Å². The molecule has 33 heavy (non-hydrogen) atoms. The highest BCUT2D eigenvalue weighted by atomic mass is 16.3. The lowest BCUT2D eigenvalue weighted by molar-refractivity contribution is 0.595. The van der Waals surface area contributed by atoms with Crippen LogP contribution in [-0.4, -0.2) is 0 Å². The molecule has 1 aliphatic rings. The fraction of sp³-hybridized carbons (Fsp3) is 0.0667. The van der Waals surface area contributed by atoms with Crippen molar-refractivity contribution in [1.82, 2.24) is 0 Å². The van der Waals surface area contributed by atoms with Gasteiger partial charge in [0.05, 0.1) is 11.1 Å². The van der Waals surface area contributed by atoms with E-state index in [1.807, 2.05) is 24.3 Å². The minimum Gasteiger partial charge on any atom is -0.456 e. The lowest BCUT2D eigenvalue weighted by Gasteiger charge is -2.13. The molecule has 0 bridgehead atoms. The first-order valence-electron chi connectivity index (χ1n) is 11.3.